The fraction of sp³-hybridized carbons (Fsp3) is 0.474. The number of pyridine rings is 1. The molecule has 0 atom stereocenters. The summed E-state index contributed by atoms with van der Waals surface area (Å²) >= 11 is 0. The van der Waals surface area contributed by atoms with Gasteiger partial charge in [-0.05, 0) is 40.7 Å². The number of ether oxygens (including phenoxy) is 2. The van der Waals surface area contributed by atoms with Crippen molar-refractivity contribution >= 4 is 5.65 Å². The van der Waals surface area contributed by atoms with E-state index in [-0.39, 0.29) is 5.88 Å². The monoisotopic (exact) mass is 409 g/mol. The Morgan fingerprint density at radius 2 is 1.72 bits per heavy atom. The SMILES string of the molecule is CCOC(C)(C)c1nnc2cnc(-c3ccc(OC(C)(C)C(F)(F)F)nc3)cn12. The van der Waals surface area contributed by atoms with E-state index in [1.165, 1.54) is 12.3 Å². The van der Waals surface area contributed by atoms with Gasteiger partial charge in [0.25, 0.3) is 0 Å². The highest BCUT2D eigenvalue weighted by atomic mass is 19.4. The van der Waals surface area contributed by atoms with Gasteiger partial charge < -0.3 is 9.47 Å². The summed E-state index contributed by atoms with van der Waals surface area (Å²) in [6.07, 6.45) is 0.194. The minimum absolute atomic E-state index is 0.125. The maximum absolute atomic E-state index is 13.0. The molecule has 0 unspecified atom stereocenters. The molecule has 0 aromatic carbocycles. The normalized spacial score (nSPS) is 13.1. The van der Waals surface area contributed by atoms with Crippen molar-refractivity contribution in [2.45, 2.75) is 52.0 Å². The van der Waals surface area contributed by atoms with Crippen LogP contribution in [0.25, 0.3) is 16.9 Å². The third-order valence-electron chi connectivity index (χ3n) is 4.41. The molecule has 3 rings (SSSR count). The van der Waals surface area contributed by atoms with Gasteiger partial charge in [-0.25, -0.2) is 4.98 Å². The van der Waals surface area contributed by atoms with Crippen LogP contribution in [0.2, 0.25) is 0 Å². The number of nitrogens with zero attached hydrogens (tertiary/aromatic N) is 5. The fourth-order valence-electron chi connectivity index (χ4n) is 2.70. The smallest absolute Gasteiger partial charge is 0.427 e. The standard InChI is InChI=1S/C19H22F3N5O2/c1-6-28-17(2,3)16-26-25-14-10-23-13(11-27(14)16)12-7-8-15(24-9-12)29-18(4,5)19(20,21)22/h7-11H,6H2,1-5H3. The Balaban J connectivity index is 1.91. The quantitative estimate of drug-likeness (QED) is 0.608. The molecule has 10 heteroatoms. The molecule has 0 aliphatic rings. The van der Waals surface area contributed by atoms with Crippen LogP contribution in [0, 0.1) is 0 Å². The Morgan fingerprint density at radius 3 is 2.31 bits per heavy atom. The highest BCUT2D eigenvalue weighted by Gasteiger charge is 2.50. The van der Waals surface area contributed by atoms with Crippen molar-refractivity contribution in [3.05, 3.63) is 36.5 Å². The third kappa shape index (κ3) is 4.16. The number of hydrogen-bond acceptors (Lipinski definition) is 6. The number of hydrogen-bond donors (Lipinski definition) is 0. The van der Waals surface area contributed by atoms with Crippen molar-refractivity contribution in [3.63, 3.8) is 0 Å². The Labute approximate surface area is 165 Å². The van der Waals surface area contributed by atoms with Gasteiger partial charge >= 0.3 is 6.18 Å². The van der Waals surface area contributed by atoms with Crippen molar-refractivity contribution in [1.82, 2.24) is 24.6 Å². The molecule has 0 aliphatic carbocycles. The van der Waals surface area contributed by atoms with Crippen LogP contribution in [0.4, 0.5) is 13.2 Å². The molecular weight excluding hydrogens is 387 g/mol. The second-order valence-electron chi connectivity index (χ2n) is 7.46. The molecule has 156 valence electrons. The van der Waals surface area contributed by atoms with Crippen LogP contribution in [-0.4, -0.2) is 43.0 Å². The first-order chi connectivity index (χ1) is 13.4. The van der Waals surface area contributed by atoms with Gasteiger partial charge in [0.2, 0.25) is 5.88 Å². The van der Waals surface area contributed by atoms with E-state index in [2.05, 4.69) is 20.2 Å². The predicted octanol–water partition coefficient (Wildman–Crippen LogP) is 4.18. The van der Waals surface area contributed by atoms with Crippen LogP contribution in [0.15, 0.2) is 30.7 Å². The van der Waals surface area contributed by atoms with Crippen LogP contribution in [0.5, 0.6) is 5.88 Å². The van der Waals surface area contributed by atoms with Gasteiger partial charge in [-0.2, -0.15) is 13.2 Å². The molecule has 0 saturated carbocycles. The Morgan fingerprint density at radius 1 is 1.00 bits per heavy atom. The Bertz CT molecular complexity index is 997. The second kappa shape index (κ2) is 7.25. The molecule has 0 amide bonds. The lowest BCUT2D eigenvalue weighted by Crippen LogP contribution is -2.44. The third-order valence-corrected chi connectivity index (χ3v) is 4.41. The number of alkyl halides is 3. The van der Waals surface area contributed by atoms with Gasteiger partial charge in [0.1, 0.15) is 5.60 Å². The molecule has 0 fully saturated rings. The van der Waals surface area contributed by atoms with E-state index in [4.69, 9.17) is 9.47 Å². The molecule has 0 bridgehead atoms. The number of fused-ring (bicyclic) bond motifs is 1. The number of halogens is 3. The molecule has 0 saturated heterocycles. The molecule has 3 aromatic heterocycles. The van der Waals surface area contributed by atoms with Crippen LogP contribution in [-0.2, 0) is 10.3 Å². The van der Waals surface area contributed by atoms with Crippen LogP contribution < -0.4 is 4.74 Å². The topological polar surface area (TPSA) is 74.4 Å². The Kier molecular flexibility index (Phi) is 5.24. The zero-order valence-electron chi connectivity index (χ0n) is 16.8. The van der Waals surface area contributed by atoms with E-state index in [1.807, 2.05) is 20.8 Å². The van der Waals surface area contributed by atoms with Gasteiger partial charge in [-0.15, -0.1) is 10.2 Å². The number of aromatic nitrogens is 5. The lowest BCUT2D eigenvalue weighted by molar-refractivity contribution is -0.235. The molecule has 0 spiro atoms. The fourth-order valence-corrected chi connectivity index (χ4v) is 2.70. The zero-order chi connectivity index (χ0) is 21.4. The summed E-state index contributed by atoms with van der Waals surface area (Å²) in [6, 6.07) is 2.98. The summed E-state index contributed by atoms with van der Waals surface area (Å²) in [5, 5.41) is 8.31. The molecular formula is C19H22F3N5O2. The summed E-state index contributed by atoms with van der Waals surface area (Å²) in [7, 11) is 0. The minimum atomic E-state index is -4.52. The largest absolute Gasteiger partial charge is 0.462 e. The van der Waals surface area contributed by atoms with Gasteiger partial charge in [-0.3, -0.25) is 9.38 Å². The predicted molar refractivity (Wildman–Crippen MR) is 99.4 cm³/mol. The van der Waals surface area contributed by atoms with E-state index >= 15 is 0 Å². The maximum Gasteiger partial charge on any atom is 0.427 e. The van der Waals surface area contributed by atoms with Crippen molar-refractivity contribution in [2.75, 3.05) is 6.61 Å². The summed E-state index contributed by atoms with van der Waals surface area (Å²) in [5.41, 5.74) is -1.29. The summed E-state index contributed by atoms with van der Waals surface area (Å²) in [6.45, 7) is 8.09. The van der Waals surface area contributed by atoms with Gasteiger partial charge in [0.15, 0.2) is 17.1 Å². The minimum Gasteiger partial charge on any atom is -0.462 e. The van der Waals surface area contributed by atoms with Crippen LogP contribution in [0.3, 0.4) is 0 Å². The van der Waals surface area contributed by atoms with Crippen LogP contribution >= 0.6 is 0 Å². The highest BCUT2D eigenvalue weighted by molar-refractivity contribution is 5.59. The maximum atomic E-state index is 13.0. The van der Waals surface area contributed by atoms with Crippen molar-refractivity contribution in [1.29, 1.82) is 0 Å². The summed E-state index contributed by atoms with van der Waals surface area (Å²) in [4.78, 5) is 8.33. The molecule has 7 nitrogen and oxygen atoms in total. The second-order valence-corrected chi connectivity index (χ2v) is 7.46. The summed E-state index contributed by atoms with van der Waals surface area (Å²) in [5.74, 6) is 0.484. The van der Waals surface area contributed by atoms with E-state index in [1.54, 1.807) is 22.9 Å². The first-order valence-corrected chi connectivity index (χ1v) is 9.02. The van der Waals surface area contributed by atoms with Gasteiger partial charge in [0.05, 0.1) is 11.9 Å². The Hall–Kier alpha value is -2.75. The molecule has 3 aromatic rings. The zero-order valence-corrected chi connectivity index (χ0v) is 16.8. The van der Waals surface area contributed by atoms with Crippen molar-refractivity contribution in [2.24, 2.45) is 0 Å². The molecule has 0 aliphatic heterocycles. The molecule has 3 heterocycles. The average molecular weight is 409 g/mol. The summed E-state index contributed by atoms with van der Waals surface area (Å²) < 4.78 is 51.5. The molecule has 29 heavy (non-hydrogen) atoms. The first-order valence-electron chi connectivity index (χ1n) is 9.02. The van der Waals surface area contributed by atoms with Gasteiger partial charge in [-0.1, -0.05) is 0 Å². The molecule has 0 radical (unpaired) electrons. The first kappa shape index (κ1) is 21.0. The number of rotatable bonds is 6. The van der Waals surface area contributed by atoms with E-state index in [0.29, 0.717) is 29.3 Å². The van der Waals surface area contributed by atoms with Crippen molar-refractivity contribution in [3.8, 4) is 17.1 Å². The lowest BCUT2D eigenvalue weighted by atomic mass is 10.1. The van der Waals surface area contributed by atoms with E-state index < -0.39 is 17.4 Å². The lowest BCUT2D eigenvalue weighted by Gasteiger charge is -2.28. The highest BCUT2D eigenvalue weighted by Crippen LogP contribution is 2.34. The van der Waals surface area contributed by atoms with Gasteiger partial charge in [0, 0.05) is 30.6 Å². The van der Waals surface area contributed by atoms with Crippen molar-refractivity contribution < 1.29 is 22.6 Å². The molecule has 0 N–H and O–H groups in total. The van der Waals surface area contributed by atoms with E-state index in [0.717, 1.165) is 13.8 Å². The van der Waals surface area contributed by atoms with E-state index in [9.17, 15) is 13.2 Å². The van der Waals surface area contributed by atoms with Crippen LogP contribution in [0.1, 0.15) is 40.4 Å². The average Bonchev–Trinajstić information content (AvgIpc) is 3.05.